The Morgan fingerprint density at radius 2 is 1.95 bits per heavy atom. The second kappa shape index (κ2) is 10.9. The highest BCUT2D eigenvalue weighted by atomic mass is 19.1. The van der Waals surface area contributed by atoms with E-state index >= 15 is 4.39 Å². The van der Waals surface area contributed by atoms with Crippen LogP contribution in [0.3, 0.4) is 0 Å². The van der Waals surface area contributed by atoms with Crippen molar-refractivity contribution in [1.29, 1.82) is 0 Å². The van der Waals surface area contributed by atoms with Gasteiger partial charge in [-0.25, -0.2) is 18.7 Å². The first kappa shape index (κ1) is 27.0. The van der Waals surface area contributed by atoms with Crippen molar-refractivity contribution in [1.82, 2.24) is 25.6 Å². The number of hydrogen-bond donors (Lipinski definition) is 4. The van der Waals surface area contributed by atoms with Crippen molar-refractivity contribution in [3.8, 4) is 17.0 Å². The summed E-state index contributed by atoms with van der Waals surface area (Å²) in [4.78, 5) is 37.0. The van der Waals surface area contributed by atoms with Crippen LogP contribution in [0.15, 0.2) is 18.5 Å². The van der Waals surface area contributed by atoms with Crippen LogP contribution >= 0.6 is 0 Å². The molecule has 2 heterocycles. The highest BCUT2D eigenvalue weighted by molar-refractivity contribution is 6.09. The number of aliphatic hydroxyl groups is 1. The minimum Gasteiger partial charge on any atom is -0.492 e. The second-order valence-corrected chi connectivity index (χ2v) is 10.7. The number of alkyl halides is 1. The molecule has 3 aromatic rings. The van der Waals surface area contributed by atoms with E-state index in [1.165, 1.54) is 13.3 Å². The van der Waals surface area contributed by atoms with E-state index in [1.54, 1.807) is 26.0 Å². The number of nitrogens with one attached hydrogen (secondary N) is 3. The normalized spacial score (nSPS) is 21.9. The van der Waals surface area contributed by atoms with Gasteiger partial charge in [-0.15, -0.1) is 0 Å². The number of amides is 2. The zero-order chi connectivity index (χ0) is 27.8. The first-order valence-electron chi connectivity index (χ1n) is 13.3. The Labute approximate surface area is 224 Å². The van der Waals surface area contributed by atoms with Crippen LogP contribution in [0.1, 0.15) is 60.6 Å². The van der Waals surface area contributed by atoms with Crippen molar-refractivity contribution in [2.75, 3.05) is 6.61 Å². The standard InChI is InChI=1S/C28H33F2N5O4/c1-13-4-9-20(39-11-16-5-6-16)22(23(13)30)25-26-24(31-12-32-25)21(14(2)33-26)28(38)34-17-7-8-19(18(29)10-17)35-27(37)15(3)36/h4,9,12,15-19,33,36H,5-8,10-11H2,1-3H3,(H,34,38)(H,35,37)/t15-,17+,18+,19-/m0/s1. The fourth-order valence-electron chi connectivity index (χ4n) is 5.05. The summed E-state index contributed by atoms with van der Waals surface area (Å²) in [6, 6.07) is 2.24. The van der Waals surface area contributed by atoms with Gasteiger partial charge in [0.15, 0.2) is 0 Å². The molecule has 39 heavy (non-hydrogen) atoms. The zero-order valence-corrected chi connectivity index (χ0v) is 22.2. The topological polar surface area (TPSA) is 129 Å². The summed E-state index contributed by atoms with van der Waals surface area (Å²) in [6.07, 6.45) is 1.68. The number of aromatic amines is 1. The van der Waals surface area contributed by atoms with E-state index in [0.717, 1.165) is 12.8 Å². The second-order valence-electron chi connectivity index (χ2n) is 10.7. The van der Waals surface area contributed by atoms with Gasteiger partial charge in [-0.2, -0.15) is 0 Å². The van der Waals surface area contributed by atoms with E-state index < -0.39 is 42.0 Å². The quantitative estimate of drug-likeness (QED) is 0.345. The molecule has 0 aliphatic heterocycles. The third-order valence-electron chi connectivity index (χ3n) is 7.52. The molecule has 5 rings (SSSR count). The third-order valence-corrected chi connectivity index (χ3v) is 7.52. The lowest BCUT2D eigenvalue weighted by Crippen LogP contribution is -2.51. The number of hydrogen-bond acceptors (Lipinski definition) is 6. The van der Waals surface area contributed by atoms with Crippen molar-refractivity contribution in [3.63, 3.8) is 0 Å². The first-order valence-corrected chi connectivity index (χ1v) is 13.3. The molecule has 2 aliphatic carbocycles. The van der Waals surface area contributed by atoms with Crippen molar-refractivity contribution in [2.45, 2.75) is 77.2 Å². The Morgan fingerprint density at radius 1 is 1.18 bits per heavy atom. The highest BCUT2D eigenvalue weighted by Crippen LogP contribution is 2.39. The van der Waals surface area contributed by atoms with Crippen LogP contribution in [-0.4, -0.2) is 62.8 Å². The van der Waals surface area contributed by atoms with Gasteiger partial charge in [0.2, 0.25) is 5.91 Å². The van der Waals surface area contributed by atoms with Gasteiger partial charge in [0.25, 0.3) is 5.91 Å². The minimum absolute atomic E-state index is 0.0222. The Hall–Kier alpha value is -3.60. The Morgan fingerprint density at radius 3 is 2.64 bits per heavy atom. The molecule has 2 fully saturated rings. The van der Waals surface area contributed by atoms with Crippen molar-refractivity contribution >= 4 is 22.8 Å². The third kappa shape index (κ3) is 5.59. The van der Waals surface area contributed by atoms with Gasteiger partial charge in [-0.3, -0.25) is 9.59 Å². The molecule has 9 nitrogen and oxygen atoms in total. The molecule has 0 spiro atoms. The Balaban J connectivity index is 1.39. The summed E-state index contributed by atoms with van der Waals surface area (Å²) in [5.74, 6) is -0.640. The minimum atomic E-state index is -1.37. The van der Waals surface area contributed by atoms with E-state index in [4.69, 9.17) is 4.74 Å². The monoisotopic (exact) mass is 541 g/mol. The molecule has 2 amide bonds. The van der Waals surface area contributed by atoms with Crippen LogP contribution in [0.25, 0.3) is 22.3 Å². The van der Waals surface area contributed by atoms with Gasteiger partial charge in [-0.05, 0) is 64.0 Å². The molecule has 2 aromatic heterocycles. The molecule has 208 valence electrons. The van der Waals surface area contributed by atoms with Crippen LogP contribution in [0.2, 0.25) is 0 Å². The molecule has 1 aromatic carbocycles. The average molecular weight is 542 g/mol. The van der Waals surface area contributed by atoms with Crippen LogP contribution < -0.4 is 15.4 Å². The molecule has 11 heteroatoms. The number of nitrogens with zero attached hydrogens (tertiary/aromatic N) is 2. The summed E-state index contributed by atoms with van der Waals surface area (Å²) in [5, 5.41) is 14.8. The Bertz CT molecular complexity index is 1400. The lowest BCUT2D eigenvalue weighted by molar-refractivity contribution is -0.130. The maximum atomic E-state index is 15.5. The number of halogens is 2. The summed E-state index contributed by atoms with van der Waals surface area (Å²) in [6.45, 7) is 5.21. The lowest BCUT2D eigenvalue weighted by Gasteiger charge is -2.32. The van der Waals surface area contributed by atoms with Crippen LogP contribution in [0, 0.1) is 25.6 Å². The Kier molecular flexibility index (Phi) is 7.53. The number of aliphatic hydroxyl groups excluding tert-OH is 1. The number of carbonyl (C=O) groups excluding carboxylic acids is 2. The number of ether oxygens (including phenoxy) is 1. The maximum Gasteiger partial charge on any atom is 0.255 e. The van der Waals surface area contributed by atoms with E-state index in [1.807, 2.05) is 0 Å². The smallest absolute Gasteiger partial charge is 0.255 e. The first-order chi connectivity index (χ1) is 18.6. The molecule has 0 bridgehead atoms. The zero-order valence-electron chi connectivity index (χ0n) is 22.2. The molecule has 0 radical (unpaired) electrons. The summed E-state index contributed by atoms with van der Waals surface area (Å²) >= 11 is 0. The molecule has 2 saturated carbocycles. The van der Waals surface area contributed by atoms with E-state index in [0.29, 0.717) is 59.1 Å². The molecule has 0 saturated heterocycles. The van der Waals surface area contributed by atoms with Gasteiger partial charge in [0, 0.05) is 18.2 Å². The summed E-state index contributed by atoms with van der Waals surface area (Å²) in [5.41, 5.74) is 2.50. The predicted molar refractivity (Wildman–Crippen MR) is 141 cm³/mol. The number of fused-ring (bicyclic) bond motifs is 1. The van der Waals surface area contributed by atoms with Crippen molar-refractivity contribution in [2.24, 2.45) is 5.92 Å². The number of H-pyrrole nitrogens is 1. The summed E-state index contributed by atoms with van der Waals surface area (Å²) < 4.78 is 36.2. The van der Waals surface area contributed by atoms with Gasteiger partial charge in [0.05, 0.1) is 29.3 Å². The lowest BCUT2D eigenvalue weighted by atomic mass is 9.89. The SMILES string of the molecule is Cc1ccc(OCC2CC2)c(-c2ncnc3c(C(=O)N[C@@H]4CC[C@H](NC(=O)[C@H](C)O)[C@H](F)C4)c(C)[nH]c23)c1F. The molecule has 2 aliphatic rings. The van der Waals surface area contributed by atoms with Gasteiger partial charge < -0.3 is 25.5 Å². The van der Waals surface area contributed by atoms with Gasteiger partial charge in [-0.1, -0.05) is 6.07 Å². The largest absolute Gasteiger partial charge is 0.492 e. The molecular weight excluding hydrogens is 508 g/mol. The van der Waals surface area contributed by atoms with Crippen LogP contribution in [0.4, 0.5) is 8.78 Å². The summed E-state index contributed by atoms with van der Waals surface area (Å²) in [7, 11) is 0. The van der Waals surface area contributed by atoms with Gasteiger partial charge >= 0.3 is 0 Å². The van der Waals surface area contributed by atoms with Crippen molar-refractivity contribution in [3.05, 3.63) is 41.1 Å². The number of carbonyl (C=O) groups is 2. The fraction of sp³-hybridized carbons (Fsp3) is 0.500. The number of rotatable bonds is 8. The molecular formula is C28H33F2N5O4. The number of benzene rings is 1. The average Bonchev–Trinajstić information content (AvgIpc) is 3.65. The highest BCUT2D eigenvalue weighted by Gasteiger charge is 2.34. The predicted octanol–water partition coefficient (Wildman–Crippen LogP) is 3.66. The van der Waals surface area contributed by atoms with Crippen LogP contribution in [-0.2, 0) is 4.79 Å². The molecule has 4 N–H and O–H groups in total. The van der Waals surface area contributed by atoms with E-state index in [9.17, 15) is 19.1 Å². The number of aromatic nitrogens is 3. The number of aryl methyl sites for hydroxylation is 2. The maximum absolute atomic E-state index is 15.5. The van der Waals surface area contributed by atoms with Crippen molar-refractivity contribution < 1.29 is 28.2 Å². The van der Waals surface area contributed by atoms with E-state index in [2.05, 4.69) is 25.6 Å². The van der Waals surface area contributed by atoms with Crippen LogP contribution in [0.5, 0.6) is 5.75 Å². The fourth-order valence-corrected chi connectivity index (χ4v) is 5.05. The van der Waals surface area contributed by atoms with E-state index in [-0.39, 0.29) is 17.5 Å². The molecule has 4 atom stereocenters. The van der Waals surface area contributed by atoms with Gasteiger partial charge in [0.1, 0.15) is 41.4 Å². The molecule has 0 unspecified atom stereocenters.